The van der Waals surface area contributed by atoms with Crippen LogP contribution >= 0.6 is 0 Å². The van der Waals surface area contributed by atoms with E-state index in [1.807, 2.05) is 0 Å². The van der Waals surface area contributed by atoms with Crippen LogP contribution in [-0.2, 0) is 9.59 Å². The smallest absolute Gasteiger partial charge is 0.267 e. The number of hydrogen-bond donors (Lipinski definition) is 0. The third kappa shape index (κ3) is 3.95. The molecule has 0 bridgehead atoms. The summed E-state index contributed by atoms with van der Waals surface area (Å²) in [6, 6.07) is 0. The van der Waals surface area contributed by atoms with Gasteiger partial charge in [-0.1, -0.05) is 27.7 Å². The van der Waals surface area contributed by atoms with Crippen LogP contribution in [0.5, 0.6) is 0 Å². The van der Waals surface area contributed by atoms with Crippen molar-refractivity contribution in [2.45, 2.75) is 27.7 Å². The molecule has 0 aromatic rings. The van der Waals surface area contributed by atoms with Gasteiger partial charge in [-0.3, -0.25) is 9.59 Å². The number of rotatable bonds is 2. The largest absolute Gasteiger partial charge is 0.271 e. The first kappa shape index (κ1) is 10.9. The van der Waals surface area contributed by atoms with Gasteiger partial charge in [0.05, 0.1) is 0 Å². The van der Waals surface area contributed by atoms with Gasteiger partial charge in [0.1, 0.15) is 0 Å². The fraction of sp³-hybridized carbons (Fsp3) is 0.750. The minimum Gasteiger partial charge on any atom is -0.271 e. The molecule has 68 valence electrons. The predicted molar refractivity (Wildman–Crippen MR) is 44.5 cm³/mol. The minimum absolute atomic E-state index is 0.200. The number of azo groups is 1. The Morgan fingerprint density at radius 2 is 1.08 bits per heavy atom. The molecule has 0 saturated carbocycles. The molecule has 0 aromatic heterocycles. The quantitative estimate of drug-likeness (QED) is 0.593. The van der Waals surface area contributed by atoms with Gasteiger partial charge in [0.25, 0.3) is 11.8 Å². The Morgan fingerprint density at radius 1 is 0.833 bits per heavy atom. The van der Waals surface area contributed by atoms with Gasteiger partial charge in [0, 0.05) is 11.8 Å². The maximum Gasteiger partial charge on any atom is 0.267 e. The van der Waals surface area contributed by atoms with E-state index in [2.05, 4.69) is 10.2 Å². The van der Waals surface area contributed by atoms with Crippen molar-refractivity contribution in [3.05, 3.63) is 0 Å². The van der Waals surface area contributed by atoms with Crippen LogP contribution in [-0.4, -0.2) is 11.8 Å². The second-order valence-electron chi connectivity index (χ2n) is 3.19. The van der Waals surface area contributed by atoms with Gasteiger partial charge in [-0.05, 0) is 0 Å². The molecular formula is C8H14N2O2. The molecule has 0 aliphatic rings. The fourth-order valence-electron chi connectivity index (χ4n) is 0.329. The van der Waals surface area contributed by atoms with E-state index in [1.54, 1.807) is 27.7 Å². The highest BCUT2D eigenvalue weighted by atomic mass is 16.2. The van der Waals surface area contributed by atoms with Crippen molar-refractivity contribution >= 4 is 11.8 Å². The van der Waals surface area contributed by atoms with E-state index < -0.39 is 0 Å². The highest BCUT2D eigenvalue weighted by Crippen LogP contribution is 1.99. The van der Waals surface area contributed by atoms with Gasteiger partial charge >= 0.3 is 0 Å². The summed E-state index contributed by atoms with van der Waals surface area (Å²) in [5.41, 5.74) is 0. The minimum atomic E-state index is -0.357. The summed E-state index contributed by atoms with van der Waals surface area (Å²) in [4.78, 5) is 21.7. The summed E-state index contributed by atoms with van der Waals surface area (Å²) >= 11 is 0. The first-order valence-corrected chi connectivity index (χ1v) is 3.94. The van der Waals surface area contributed by atoms with Crippen molar-refractivity contribution in [3.63, 3.8) is 0 Å². The van der Waals surface area contributed by atoms with E-state index in [0.29, 0.717) is 0 Å². The van der Waals surface area contributed by atoms with Crippen LogP contribution < -0.4 is 0 Å². The molecule has 0 spiro atoms. The van der Waals surface area contributed by atoms with Crippen molar-refractivity contribution in [1.29, 1.82) is 0 Å². The topological polar surface area (TPSA) is 58.9 Å². The molecule has 0 rings (SSSR count). The number of carbonyl (C=O) groups excluding carboxylic acids is 2. The zero-order valence-corrected chi connectivity index (χ0v) is 7.87. The Balaban J connectivity index is 4.08. The van der Waals surface area contributed by atoms with Gasteiger partial charge in [0.15, 0.2) is 0 Å². The molecule has 4 nitrogen and oxygen atoms in total. The van der Waals surface area contributed by atoms with Crippen molar-refractivity contribution in [3.8, 4) is 0 Å². The molecule has 0 aliphatic carbocycles. The zero-order valence-electron chi connectivity index (χ0n) is 7.87. The lowest BCUT2D eigenvalue weighted by molar-refractivity contribution is -0.125. The Hall–Kier alpha value is -1.06. The second kappa shape index (κ2) is 4.74. The highest BCUT2D eigenvalue weighted by molar-refractivity contribution is 5.83. The Labute approximate surface area is 72.1 Å². The van der Waals surface area contributed by atoms with E-state index in [-0.39, 0.29) is 23.7 Å². The van der Waals surface area contributed by atoms with E-state index in [1.165, 1.54) is 0 Å². The normalized spacial score (nSPS) is 11.5. The van der Waals surface area contributed by atoms with Crippen molar-refractivity contribution in [2.24, 2.45) is 22.1 Å². The molecule has 0 radical (unpaired) electrons. The van der Waals surface area contributed by atoms with Crippen LogP contribution in [0.25, 0.3) is 0 Å². The van der Waals surface area contributed by atoms with Crippen LogP contribution in [0.3, 0.4) is 0 Å². The number of nitrogens with zero attached hydrogens (tertiary/aromatic N) is 2. The fourth-order valence-corrected chi connectivity index (χ4v) is 0.329. The standard InChI is InChI=1S/C8H14N2O2/c1-5(2)7(11)9-10-8(12)6(3)4/h5-6H,1-4H3. The average Bonchev–Trinajstić information content (AvgIpc) is 1.98. The lowest BCUT2D eigenvalue weighted by Crippen LogP contribution is -2.06. The lowest BCUT2D eigenvalue weighted by Gasteiger charge is -1.96. The lowest BCUT2D eigenvalue weighted by atomic mass is 10.2. The average molecular weight is 170 g/mol. The Bertz CT molecular complexity index is 185. The maximum atomic E-state index is 10.9. The molecule has 0 unspecified atom stereocenters. The monoisotopic (exact) mass is 170 g/mol. The number of hydrogen-bond acceptors (Lipinski definition) is 2. The summed E-state index contributed by atoms with van der Waals surface area (Å²) < 4.78 is 0. The molecule has 0 saturated heterocycles. The summed E-state index contributed by atoms with van der Waals surface area (Å²) in [5, 5.41) is 6.56. The van der Waals surface area contributed by atoms with Gasteiger partial charge in [-0.2, -0.15) is 0 Å². The first-order chi connectivity index (χ1) is 5.45. The molecule has 0 atom stereocenters. The van der Waals surface area contributed by atoms with Gasteiger partial charge in [-0.15, -0.1) is 10.2 Å². The van der Waals surface area contributed by atoms with Gasteiger partial charge < -0.3 is 0 Å². The van der Waals surface area contributed by atoms with E-state index in [4.69, 9.17) is 0 Å². The summed E-state index contributed by atoms with van der Waals surface area (Å²) in [7, 11) is 0. The highest BCUT2D eigenvalue weighted by Gasteiger charge is 2.08. The van der Waals surface area contributed by atoms with E-state index in [0.717, 1.165) is 0 Å². The van der Waals surface area contributed by atoms with Gasteiger partial charge in [0.2, 0.25) is 0 Å². The Morgan fingerprint density at radius 3 is 1.25 bits per heavy atom. The molecule has 0 N–H and O–H groups in total. The summed E-state index contributed by atoms with van der Waals surface area (Å²) in [6.45, 7) is 6.84. The van der Waals surface area contributed by atoms with Crippen LogP contribution in [0.15, 0.2) is 10.2 Å². The van der Waals surface area contributed by atoms with Crippen molar-refractivity contribution in [1.82, 2.24) is 0 Å². The van der Waals surface area contributed by atoms with Gasteiger partial charge in [-0.25, -0.2) is 0 Å². The summed E-state index contributed by atoms with van der Waals surface area (Å²) in [6.07, 6.45) is 0. The third-order valence-electron chi connectivity index (χ3n) is 1.23. The van der Waals surface area contributed by atoms with E-state index in [9.17, 15) is 9.59 Å². The van der Waals surface area contributed by atoms with Crippen molar-refractivity contribution < 1.29 is 9.59 Å². The second-order valence-corrected chi connectivity index (χ2v) is 3.19. The molecular weight excluding hydrogens is 156 g/mol. The molecule has 0 aromatic carbocycles. The number of amides is 2. The van der Waals surface area contributed by atoms with Crippen LogP contribution in [0.1, 0.15) is 27.7 Å². The third-order valence-corrected chi connectivity index (χ3v) is 1.23. The molecule has 2 amide bonds. The molecule has 0 aliphatic heterocycles. The van der Waals surface area contributed by atoms with Crippen LogP contribution in [0.2, 0.25) is 0 Å². The summed E-state index contributed by atoms with van der Waals surface area (Å²) in [5.74, 6) is -1.12. The molecule has 4 heteroatoms. The molecule has 12 heavy (non-hydrogen) atoms. The molecule has 0 heterocycles. The van der Waals surface area contributed by atoms with Crippen LogP contribution in [0.4, 0.5) is 0 Å². The van der Waals surface area contributed by atoms with Crippen LogP contribution in [0, 0.1) is 11.8 Å². The first-order valence-electron chi connectivity index (χ1n) is 3.94. The van der Waals surface area contributed by atoms with Crippen molar-refractivity contribution in [2.75, 3.05) is 0 Å². The predicted octanol–water partition coefficient (Wildman–Crippen LogP) is 1.80. The van der Waals surface area contributed by atoms with E-state index >= 15 is 0 Å². The Kier molecular flexibility index (Phi) is 4.33. The molecule has 0 fully saturated rings. The SMILES string of the molecule is CC(C)C(=O)N=NC(=O)C(C)C. The zero-order chi connectivity index (χ0) is 9.72. The maximum absolute atomic E-state index is 10.9. The number of carbonyl (C=O) groups is 2.